The lowest BCUT2D eigenvalue weighted by Gasteiger charge is -2.30. The van der Waals surface area contributed by atoms with Crippen LogP contribution >= 0.6 is 0 Å². The Morgan fingerprint density at radius 2 is 1.87 bits per heavy atom. The molecule has 0 bridgehead atoms. The van der Waals surface area contributed by atoms with Crippen LogP contribution in [0.15, 0.2) is 24.3 Å². The summed E-state index contributed by atoms with van der Waals surface area (Å²) in [6.07, 6.45) is 2.37. The topological polar surface area (TPSA) is 41.6 Å². The van der Waals surface area contributed by atoms with Crippen molar-refractivity contribution in [3.8, 4) is 5.75 Å². The number of carbonyl (C=O) groups is 1. The summed E-state index contributed by atoms with van der Waals surface area (Å²) in [7, 11) is 3.59. The zero-order valence-electron chi connectivity index (χ0n) is 15.3. The van der Waals surface area contributed by atoms with Gasteiger partial charge in [-0.2, -0.15) is 0 Å². The lowest BCUT2D eigenvalue weighted by molar-refractivity contribution is -0.132. The molecule has 1 rings (SSSR count). The van der Waals surface area contributed by atoms with Crippen molar-refractivity contribution in [1.29, 1.82) is 0 Å². The zero-order valence-corrected chi connectivity index (χ0v) is 15.3. The minimum absolute atomic E-state index is 0.110. The number of carbonyl (C=O) groups excluding carboxylic acids is 1. The predicted octanol–water partition coefficient (Wildman–Crippen LogP) is 3.11. The van der Waals surface area contributed by atoms with Gasteiger partial charge in [0.05, 0.1) is 7.11 Å². The Hall–Kier alpha value is -1.55. The summed E-state index contributed by atoms with van der Waals surface area (Å²) in [6.45, 7) is 8.97. The van der Waals surface area contributed by atoms with E-state index in [9.17, 15) is 4.79 Å². The van der Waals surface area contributed by atoms with E-state index in [2.05, 4.69) is 38.2 Å². The second-order valence-corrected chi connectivity index (χ2v) is 7.18. The summed E-state index contributed by atoms with van der Waals surface area (Å²) < 4.78 is 5.18. The second kappa shape index (κ2) is 9.56. The molecule has 1 amide bonds. The third-order valence-electron chi connectivity index (χ3n) is 3.66. The highest BCUT2D eigenvalue weighted by molar-refractivity contribution is 5.76. The molecule has 1 aromatic rings. The smallest absolute Gasteiger partial charge is 0.222 e. The molecule has 0 saturated carbocycles. The van der Waals surface area contributed by atoms with Gasteiger partial charge < -0.3 is 15.0 Å². The average Bonchev–Trinajstić information content (AvgIpc) is 2.51. The molecule has 130 valence electrons. The highest BCUT2D eigenvalue weighted by atomic mass is 16.5. The Kier molecular flexibility index (Phi) is 8.10. The number of rotatable bonds is 9. The third-order valence-corrected chi connectivity index (χ3v) is 3.66. The summed E-state index contributed by atoms with van der Waals surface area (Å²) in [5.41, 5.74) is 1.34. The fraction of sp³-hybridized carbons (Fsp3) is 0.632. The molecular weight excluding hydrogens is 288 g/mol. The minimum Gasteiger partial charge on any atom is -0.497 e. The van der Waals surface area contributed by atoms with Gasteiger partial charge in [0.25, 0.3) is 0 Å². The van der Waals surface area contributed by atoms with E-state index in [1.54, 1.807) is 7.11 Å². The molecule has 0 aliphatic rings. The maximum Gasteiger partial charge on any atom is 0.222 e. The van der Waals surface area contributed by atoms with E-state index in [1.165, 1.54) is 5.56 Å². The number of hydrogen-bond acceptors (Lipinski definition) is 3. The first-order chi connectivity index (χ1) is 10.9. The van der Waals surface area contributed by atoms with Crippen molar-refractivity contribution in [3.63, 3.8) is 0 Å². The lowest BCUT2D eigenvalue weighted by atomic mass is 9.95. The van der Waals surface area contributed by atoms with Crippen LogP contribution in [0.2, 0.25) is 0 Å². The molecular formula is C19H32N2O2. The fourth-order valence-corrected chi connectivity index (χ4v) is 2.50. The first kappa shape index (κ1) is 19.5. The van der Waals surface area contributed by atoms with Gasteiger partial charge in [-0.3, -0.25) is 4.79 Å². The molecule has 0 unspecified atom stereocenters. The Balaban J connectivity index is 2.62. The van der Waals surface area contributed by atoms with Crippen molar-refractivity contribution < 1.29 is 9.53 Å². The van der Waals surface area contributed by atoms with Crippen molar-refractivity contribution >= 4 is 5.91 Å². The number of ether oxygens (including phenoxy) is 1. The van der Waals surface area contributed by atoms with Crippen molar-refractivity contribution in [2.75, 3.05) is 33.8 Å². The standard InChI is InChI=1S/C19H32N2O2/c1-19(2,3)15-21(18(22)7-6-13-20-4)14-12-16-8-10-17(23-5)11-9-16/h8-11,20H,6-7,12-15H2,1-5H3. The van der Waals surface area contributed by atoms with E-state index in [-0.39, 0.29) is 11.3 Å². The molecule has 0 heterocycles. The highest BCUT2D eigenvalue weighted by Crippen LogP contribution is 2.17. The van der Waals surface area contributed by atoms with Crippen molar-refractivity contribution in [2.24, 2.45) is 5.41 Å². The molecule has 0 fully saturated rings. The summed E-state index contributed by atoms with van der Waals surface area (Å²) in [6, 6.07) is 8.08. The van der Waals surface area contributed by atoms with Crippen LogP contribution in [0.5, 0.6) is 5.75 Å². The van der Waals surface area contributed by atoms with Crippen molar-refractivity contribution in [1.82, 2.24) is 10.2 Å². The Morgan fingerprint density at radius 1 is 1.22 bits per heavy atom. The SMILES string of the molecule is CNCCCC(=O)N(CCc1ccc(OC)cc1)CC(C)(C)C. The van der Waals surface area contributed by atoms with E-state index < -0.39 is 0 Å². The quantitative estimate of drug-likeness (QED) is 0.711. The van der Waals surface area contributed by atoms with Crippen LogP contribution in [-0.4, -0.2) is 44.6 Å². The van der Waals surface area contributed by atoms with Crippen molar-refractivity contribution in [3.05, 3.63) is 29.8 Å². The largest absolute Gasteiger partial charge is 0.497 e. The van der Waals surface area contributed by atoms with Gasteiger partial charge in [0.2, 0.25) is 5.91 Å². The van der Waals surface area contributed by atoms with Crippen LogP contribution in [0.1, 0.15) is 39.2 Å². The lowest BCUT2D eigenvalue weighted by Crippen LogP contribution is -2.39. The monoisotopic (exact) mass is 320 g/mol. The molecule has 1 aromatic carbocycles. The van der Waals surface area contributed by atoms with Gasteiger partial charge >= 0.3 is 0 Å². The molecule has 0 saturated heterocycles. The fourth-order valence-electron chi connectivity index (χ4n) is 2.50. The van der Waals surface area contributed by atoms with Gasteiger partial charge in [0.15, 0.2) is 0 Å². The first-order valence-electron chi connectivity index (χ1n) is 8.41. The van der Waals surface area contributed by atoms with Gasteiger partial charge in [-0.05, 0) is 49.5 Å². The van der Waals surface area contributed by atoms with Gasteiger partial charge in [-0.25, -0.2) is 0 Å². The summed E-state index contributed by atoms with van der Waals surface area (Å²) in [5.74, 6) is 1.12. The van der Waals surface area contributed by atoms with Crippen LogP contribution in [0.3, 0.4) is 0 Å². The second-order valence-electron chi connectivity index (χ2n) is 7.18. The summed E-state index contributed by atoms with van der Waals surface area (Å²) >= 11 is 0. The number of nitrogens with zero attached hydrogens (tertiary/aromatic N) is 1. The molecule has 0 spiro atoms. The number of hydrogen-bond donors (Lipinski definition) is 1. The van der Waals surface area contributed by atoms with E-state index in [4.69, 9.17) is 4.74 Å². The summed E-state index contributed by atoms with van der Waals surface area (Å²) in [5, 5.41) is 3.10. The van der Waals surface area contributed by atoms with Crippen molar-refractivity contribution in [2.45, 2.75) is 40.0 Å². The van der Waals surface area contributed by atoms with E-state index in [1.807, 2.05) is 24.1 Å². The molecule has 4 heteroatoms. The first-order valence-corrected chi connectivity index (χ1v) is 8.41. The van der Waals surface area contributed by atoms with E-state index in [0.717, 1.165) is 38.2 Å². The molecule has 23 heavy (non-hydrogen) atoms. The van der Waals surface area contributed by atoms with Gasteiger partial charge in [-0.15, -0.1) is 0 Å². The Labute approximate surface area is 141 Å². The predicted molar refractivity (Wildman–Crippen MR) is 95.9 cm³/mol. The molecule has 0 radical (unpaired) electrons. The van der Waals surface area contributed by atoms with Gasteiger partial charge in [0.1, 0.15) is 5.75 Å². The summed E-state index contributed by atoms with van der Waals surface area (Å²) in [4.78, 5) is 14.5. The molecule has 0 atom stereocenters. The molecule has 0 aromatic heterocycles. The number of amides is 1. The normalized spacial score (nSPS) is 11.3. The molecule has 0 aliphatic carbocycles. The van der Waals surface area contributed by atoms with Gasteiger partial charge in [-0.1, -0.05) is 32.9 Å². The molecule has 4 nitrogen and oxygen atoms in total. The molecule has 1 N–H and O–H groups in total. The Bertz CT molecular complexity index is 463. The number of nitrogens with one attached hydrogen (secondary N) is 1. The third kappa shape index (κ3) is 8.03. The van der Waals surface area contributed by atoms with Crippen LogP contribution in [0.4, 0.5) is 0 Å². The maximum absolute atomic E-state index is 12.5. The minimum atomic E-state index is 0.110. The van der Waals surface area contributed by atoms with Crippen LogP contribution in [0.25, 0.3) is 0 Å². The maximum atomic E-state index is 12.5. The van der Waals surface area contributed by atoms with E-state index >= 15 is 0 Å². The average molecular weight is 320 g/mol. The highest BCUT2D eigenvalue weighted by Gasteiger charge is 2.20. The zero-order chi connectivity index (χ0) is 17.3. The Morgan fingerprint density at radius 3 is 2.39 bits per heavy atom. The number of methoxy groups -OCH3 is 1. The van der Waals surface area contributed by atoms with E-state index in [0.29, 0.717) is 6.42 Å². The molecule has 0 aliphatic heterocycles. The van der Waals surface area contributed by atoms with Crippen LogP contribution in [0, 0.1) is 5.41 Å². The van der Waals surface area contributed by atoms with Crippen LogP contribution < -0.4 is 10.1 Å². The van der Waals surface area contributed by atoms with Crippen LogP contribution in [-0.2, 0) is 11.2 Å². The van der Waals surface area contributed by atoms with Gasteiger partial charge in [0, 0.05) is 19.5 Å². The number of benzene rings is 1.